The predicted octanol–water partition coefficient (Wildman–Crippen LogP) is 4.41. The van der Waals surface area contributed by atoms with Gasteiger partial charge in [-0.15, -0.1) is 0 Å². The highest BCUT2D eigenvalue weighted by molar-refractivity contribution is 7.27. The van der Waals surface area contributed by atoms with Crippen LogP contribution in [0.5, 0.6) is 5.75 Å². The molecule has 0 fully saturated rings. The summed E-state index contributed by atoms with van der Waals surface area (Å²) >= 11 is 6.91. The van der Waals surface area contributed by atoms with E-state index >= 15 is 0 Å². The second-order valence-electron chi connectivity index (χ2n) is 6.72. The fourth-order valence-electron chi connectivity index (χ4n) is 3.92. The minimum absolute atomic E-state index is 0.918. The molecule has 0 amide bonds. The Balaban J connectivity index is 2.20. The summed E-state index contributed by atoms with van der Waals surface area (Å²) in [5.41, 5.74) is 6.73. The number of hydrogen-bond acceptors (Lipinski definition) is 1. The van der Waals surface area contributed by atoms with Gasteiger partial charge in [-0.25, -0.2) is 0 Å². The van der Waals surface area contributed by atoms with Gasteiger partial charge in [0.1, 0.15) is 5.75 Å². The lowest BCUT2D eigenvalue weighted by molar-refractivity contribution is 0.418. The van der Waals surface area contributed by atoms with E-state index in [0.717, 1.165) is 12.2 Å². The van der Waals surface area contributed by atoms with Crippen LogP contribution in [-0.2, 0) is 13.5 Å². The van der Waals surface area contributed by atoms with Gasteiger partial charge in [0.05, 0.1) is 7.11 Å². The standard InChI is InChI=1S/C19H20ClNOSi/c1-21-14-9-10-16(22-2)19(23(3,4)20)18(14)17-13-8-6-5-7-12(13)11-15(17)21/h5-10H,11H2,1-4H3. The Hall–Kier alpha value is -1.71. The lowest BCUT2D eigenvalue weighted by Gasteiger charge is -2.20. The minimum Gasteiger partial charge on any atom is -0.497 e. The van der Waals surface area contributed by atoms with Gasteiger partial charge < -0.3 is 9.30 Å². The molecule has 2 nitrogen and oxygen atoms in total. The molecule has 0 radical (unpaired) electrons. The highest BCUT2D eigenvalue weighted by Gasteiger charge is 2.33. The summed E-state index contributed by atoms with van der Waals surface area (Å²) in [5.74, 6) is 0.918. The Morgan fingerprint density at radius 3 is 2.57 bits per heavy atom. The summed E-state index contributed by atoms with van der Waals surface area (Å²) < 4.78 is 8.00. The van der Waals surface area contributed by atoms with Crippen LogP contribution in [0.25, 0.3) is 22.0 Å². The number of benzene rings is 2. The second kappa shape index (κ2) is 4.89. The van der Waals surface area contributed by atoms with Crippen molar-refractivity contribution in [3.63, 3.8) is 0 Å². The van der Waals surface area contributed by atoms with Crippen molar-refractivity contribution in [1.29, 1.82) is 0 Å². The van der Waals surface area contributed by atoms with Crippen molar-refractivity contribution in [2.75, 3.05) is 7.11 Å². The van der Waals surface area contributed by atoms with Gasteiger partial charge >= 0.3 is 0 Å². The van der Waals surface area contributed by atoms with Crippen molar-refractivity contribution in [2.24, 2.45) is 7.05 Å². The molecule has 0 N–H and O–H groups in total. The van der Waals surface area contributed by atoms with Crippen molar-refractivity contribution in [1.82, 2.24) is 4.57 Å². The van der Waals surface area contributed by atoms with Gasteiger partial charge in [-0.2, -0.15) is 11.1 Å². The maximum atomic E-state index is 6.91. The van der Waals surface area contributed by atoms with Crippen molar-refractivity contribution in [2.45, 2.75) is 19.5 Å². The average molecular weight is 342 g/mol. The first-order valence-corrected chi connectivity index (χ1v) is 11.9. The van der Waals surface area contributed by atoms with Crippen molar-refractivity contribution in [3.05, 3.63) is 47.7 Å². The van der Waals surface area contributed by atoms with Gasteiger partial charge in [0.2, 0.25) is 0 Å². The van der Waals surface area contributed by atoms with Crippen LogP contribution in [0.4, 0.5) is 0 Å². The largest absolute Gasteiger partial charge is 0.497 e. The van der Waals surface area contributed by atoms with E-state index in [0.29, 0.717) is 0 Å². The molecule has 0 bridgehead atoms. The third kappa shape index (κ3) is 2.00. The molecule has 118 valence electrons. The van der Waals surface area contributed by atoms with E-state index in [1.54, 1.807) is 7.11 Å². The molecular weight excluding hydrogens is 322 g/mol. The Kier molecular flexibility index (Phi) is 3.16. The monoisotopic (exact) mass is 341 g/mol. The Morgan fingerprint density at radius 1 is 1.13 bits per heavy atom. The third-order valence-electron chi connectivity index (χ3n) is 4.91. The van der Waals surface area contributed by atoms with Crippen LogP contribution in [-0.4, -0.2) is 19.1 Å². The number of methoxy groups -OCH3 is 1. The van der Waals surface area contributed by atoms with Crippen LogP contribution in [0.3, 0.4) is 0 Å². The van der Waals surface area contributed by atoms with Gasteiger partial charge in [0.15, 0.2) is 7.38 Å². The third-order valence-corrected chi connectivity index (χ3v) is 7.16. The Bertz CT molecular complexity index is 937. The first-order valence-electron chi connectivity index (χ1n) is 7.89. The van der Waals surface area contributed by atoms with Crippen molar-refractivity contribution in [3.8, 4) is 16.9 Å². The number of aromatic nitrogens is 1. The molecule has 0 aliphatic heterocycles. The fourth-order valence-corrected chi connectivity index (χ4v) is 6.10. The molecule has 0 spiro atoms. The number of hydrogen-bond donors (Lipinski definition) is 0. The zero-order valence-corrected chi connectivity index (χ0v) is 15.7. The molecular formula is C19H20ClNOSi. The summed E-state index contributed by atoms with van der Waals surface area (Å²) in [6.45, 7) is 4.35. The summed E-state index contributed by atoms with van der Waals surface area (Å²) in [7, 11) is 1.81. The van der Waals surface area contributed by atoms with Gasteiger partial charge in [0.25, 0.3) is 0 Å². The lowest BCUT2D eigenvalue weighted by Crippen LogP contribution is -2.37. The van der Waals surface area contributed by atoms with Gasteiger partial charge in [-0.1, -0.05) is 37.4 Å². The maximum Gasteiger partial charge on any atom is 0.185 e. The highest BCUT2D eigenvalue weighted by Crippen LogP contribution is 2.44. The Labute approximate surface area is 142 Å². The quantitative estimate of drug-likeness (QED) is 0.389. The number of fused-ring (bicyclic) bond motifs is 5. The van der Waals surface area contributed by atoms with Crippen LogP contribution in [0.1, 0.15) is 11.3 Å². The first kappa shape index (κ1) is 14.9. The summed E-state index contributed by atoms with van der Waals surface area (Å²) in [5, 5.41) is 2.51. The number of aryl methyl sites for hydroxylation is 1. The van der Waals surface area contributed by atoms with Crippen LogP contribution < -0.4 is 9.92 Å². The number of nitrogens with zero attached hydrogens (tertiary/aromatic N) is 1. The van der Waals surface area contributed by atoms with Crippen LogP contribution in [0, 0.1) is 0 Å². The molecule has 1 aromatic heterocycles. The van der Waals surface area contributed by atoms with Crippen molar-refractivity contribution < 1.29 is 4.74 Å². The molecule has 1 aliphatic rings. The topological polar surface area (TPSA) is 14.2 Å². The molecule has 1 heterocycles. The number of rotatable bonds is 2. The molecule has 4 heteroatoms. The van der Waals surface area contributed by atoms with Gasteiger partial charge in [0, 0.05) is 40.8 Å². The van der Waals surface area contributed by atoms with E-state index in [-0.39, 0.29) is 0 Å². The first-order chi connectivity index (χ1) is 10.9. The molecule has 3 aromatic rings. The maximum absolute atomic E-state index is 6.91. The van der Waals surface area contributed by atoms with Gasteiger partial charge in [-0.05, 0) is 23.3 Å². The van der Waals surface area contributed by atoms with Crippen molar-refractivity contribution >= 4 is 34.6 Å². The van der Waals surface area contributed by atoms with E-state index in [9.17, 15) is 0 Å². The summed E-state index contributed by atoms with van der Waals surface area (Å²) in [4.78, 5) is 0. The van der Waals surface area contributed by atoms with E-state index in [1.807, 2.05) is 0 Å². The lowest BCUT2D eigenvalue weighted by atomic mass is 10.0. The van der Waals surface area contributed by atoms with Crippen LogP contribution >= 0.6 is 11.1 Å². The van der Waals surface area contributed by atoms with E-state index < -0.39 is 7.38 Å². The SMILES string of the molecule is COc1ccc2c(c3c(n2C)Cc2ccccc2-3)c1[Si](C)(C)Cl. The summed E-state index contributed by atoms with van der Waals surface area (Å²) in [6.07, 6.45) is 0.989. The van der Waals surface area contributed by atoms with Gasteiger partial charge in [-0.3, -0.25) is 0 Å². The number of halogens is 1. The van der Waals surface area contributed by atoms with E-state index in [2.05, 4.69) is 61.1 Å². The zero-order valence-electron chi connectivity index (χ0n) is 13.9. The average Bonchev–Trinajstić information content (AvgIpc) is 3.02. The van der Waals surface area contributed by atoms with Crippen LogP contribution in [0.15, 0.2) is 36.4 Å². The zero-order chi connectivity index (χ0) is 16.4. The molecule has 2 aromatic carbocycles. The summed E-state index contributed by atoms with van der Waals surface area (Å²) in [6, 6.07) is 12.9. The smallest absolute Gasteiger partial charge is 0.185 e. The molecule has 0 saturated heterocycles. The molecule has 23 heavy (non-hydrogen) atoms. The molecule has 0 saturated carbocycles. The van der Waals surface area contributed by atoms with E-state index in [1.165, 1.54) is 38.5 Å². The molecule has 4 rings (SSSR count). The minimum atomic E-state index is -2.08. The molecule has 1 aliphatic carbocycles. The van der Waals surface area contributed by atoms with Crippen LogP contribution in [0.2, 0.25) is 13.1 Å². The van der Waals surface area contributed by atoms with E-state index in [4.69, 9.17) is 15.8 Å². The molecule has 0 unspecified atom stereocenters. The fraction of sp³-hybridized carbons (Fsp3) is 0.263. The Morgan fingerprint density at radius 2 is 1.87 bits per heavy atom. The second-order valence-corrected chi connectivity index (χ2v) is 13.0. The molecule has 0 atom stereocenters. The normalized spacial score (nSPS) is 13.3. The predicted molar refractivity (Wildman–Crippen MR) is 101 cm³/mol. The number of ether oxygens (including phenoxy) is 1. The highest BCUT2D eigenvalue weighted by atomic mass is 35.6.